The zero-order valence-electron chi connectivity index (χ0n) is 15.8. The largest absolute Gasteiger partial charge is 0.501 e. The molecule has 0 radical (unpaired) electrons. The SMILES string of the molecule is CO/C(C)=C(/C(=O)n1c(=NCc2cnc(Cl)s2)ccn1C)c1cc(Cl)cc(Cl)c1. The highest BCUT2D eigenvalue weighted by molar-refractivity contribution is 7.15. The second-order valence-corrected chi connectivity index (χ2v) is 8.62. The lowest BCUT2D eigenvalue weighted by Gasteiger charge is -2.14. The summed E-state index contributed by atoms with van der Waals surface area (Å²) in [6.45, 7) is 2.06. The van der Waals surface area contributed by atoms with Gasteiger partial charge < -0.3 is 4.74 Å². The number of carbonyl (C=O) groups is 1. The van der Waals surface area contributed by atoms with Crippen LogP contribution in [0.1, 0.15) is 22.2 Å². The number of hydrogen-bond donors (Lipinski definition) is 0. The molecule has 3 rings (SSSR count). The van der Waals surface area contributed by atoms with Gasteiger partial charge in [-0.1, -0.05) is 34.8 Å². The first-order valence-electron chi connectivity index (χ1n) is 8.41. The van der Waals surface area contributed by atoms with Crippen LogP contribution in [-0.4, -0.2) is 27.4 Å². The molecule has 0 unspecified atom stereocenters. The van der Waals surface area contributed by atoms with Gasteiger partial charge in [-0.25, -0.2) is 4.98 Å². The van der Waals surface area contributed by atoms with Crippen LogP contribution in [0, 0.1) is 0 Å². The van der Waals surface area contributed by atoms with Crippen LogP contribution in [0.3, 0.4) is 0 Å². The lowest BCUT2D eigenvalue weighted by atomic mass is 10.0. The second kappa shape index (κ2) is 9.17. The minimum absolute atomic E-state index is 0.323. The van der Waals surface area contributed by atoms with E-state index in [9.17, 15) is 4.79 Å². The molecule has 3 aromatic rings. The van der Waals surface area contributed by atoms with Crippen LogP contribution in [0.25, 0.3) is 5.57 Å². The molecule has 0 saturated heterocycles. The fourth-order valence-electron chi connectivity index (χ4n) is 2.74. The van der Waals surface area contributed by atoms with E-state index < -0.39 is 0 Å². The number of halogens is 3. The van der Waals surface area contributed by atoms with Crippen molar-refractivity contribution in [3.63, 3.8) is 0 Å². The van der Waals surface area contributed by atoms with E-state index in [2.05, 4.69) is 9.98 Å². The Labute approximate surface area is 186 Å². The van der Waals surface area contributed by atoms with Crippen LogP contribution < -0.4 is 5.49 Å². The van der Waals surface area contributed by atoms with E-state index in [1.165, 1.54) is 23.1 Å². The average Bonchev–Trinajstić information content (AvgIpc) is 3.24. The maximum absolute atomic E-state index is 13.5. The first-order valence-corrected chi connectivity index (χ1v) is 10.4. The summed E-state index contributed by atoms with van der Waals surface area (Å²) < 4.78 is 8.93. The first kappa shape index (κ1) is 21.6. The molecule has 0 bridgehead atoms. The molecular weight excluding hydrogens is 455 g/mol. The summed E-state index contributed by atoms with van der Waals surface area (Å²) in [5, 5.41) is 0.844. The predicted molar refractivity (Wildman–Crippen MR) is 116 cm³/mol. The lowest BCUT2D eigenvalue weighted by Crippen LogP contribution is -2.30. The number of methoxy groups -OCH3 is 1. The highest BCUT2D eigenvalue weighted by atomic mass is 35.5. The van der Waals surface area contributed by atoms with Crippen molar-refractivity contribution >= 4 is 57.6 Å². The smallest absolute Gasteiger partial charge is 0.282 e. The summed E-state index contributed by atoms with van der Waals surface area (Å²) >= 11 is 19.5. The molecule has 0 atom stereocenters. The van der Waals surface area contributed by atoms with Crippen molar-refractivity contribution in [1.29, 1.82) is 0 Å². The van der Waals surface area contributed by atoms with Crippen LogP contribution in [-0.2, 0) is 18.3 Å². The summed E-state index contributed by atoms with van der Waals surface area (Å²) in [5.74, 6) is 0.110. The number of rotatable bonds is 5. The molecule has 1 aromatic carbocycles. The van der Waals surface area contributed by atoms with Crippen molar-refractivity contribution < 1.29 is 9.53 Å². The Morgan fingerprint density at radius 3 is 2.52 bits per heavy atom. The van der Waals surface area contributed by atoms with Gasteiger partial charge in [0.1, 0.15) is 5.76 Å². The normalized spacial score (nSPS) is 12.8. The Morgan fingerprint density at radius 1 is 1.24 bits per heavy atom. The zero-order chi connectivity index (χ0) is 21.1. The van der Waals surface area contributed by atoms with Crippen molar-refractivity contribution in [2.45, 2.75) is 13.5 Å². The highest BCUT2D eigenvalue weighted by Gasteiger charge is 2.21. The molecule has 2 heterocycles. The van der Waals surface area contributed by atoms with E-state index in [4.69, 9.17) is 39.5 Å². The average molecular weight is 472 g/mol. The zero-order valence-corrected chi connectivity index (χ0v) is 18.9. The molecule has 0 aliphatic rings. The van der Waals surface area contributed by atoms with E-state index in [0.29, 0.717) is 43.4 Å². The number of hydrogen-bond acceptors (Lipinski definition) is 5. The van der Waals surface area contributed by atoms with Crippen molar-refractivity contribution in [2.24, 2.45) is 12.0 Å². The van der Waals surface area contributed by atoms with Crippen molar-refractivity contribution in [2.75, 3.05) is 7.11 Å². The van der Waals surface area contributed by atoms with Crippen LogP contribution in [0.15, 0.2) is 47.4 Å². The molecule has 0 fully saturated rings. The van der Waals surface area contributed by atoms with Crippen LogP contribution in [0.2, 0.25) is 14.5 Å². The van der Waals surface area contributed by atoms with Crippen molar-refractivity contribution in [3.8, 4) is 0 Å². The lowest BCUT2D eigenvalue weighted by molar-refractivity contribution is 0.0942. The quantitative estimate of drug-likeness (QED) is 0.386. The van der Waals surface area contributed by atoms with Crippen LogP contribution >= 0.6 is 46.1 Å². The number of allylic oxidation sites excluding steroid dienone is 2. The fourth-order valence-corrected chi connectivity index (χ4v) is 4.17. The first-order chi connectivity index (χ1) is 13.8. The van der Waals surface area contributed by atoms with Crippen molar-refractivity contribution in [3.05, 3.63) is 72.9 Å². The van der Waals surface area contributed by atoms with Crippen molar-refractivity contribution in [1.82, 2.24) is 14.3 Å². The Morgan fingerprint density at radius 2 is 1.93 bits per heavy atom. The Kier molecular flexibility index (Phi) is 6.85. The Bertz CT molecular complexity index is 1140. The summed E-state index contributed by atoms with van der Waals surface area (Å²) in [7, 11) is 3.26. The molecule has 29 heavy (non-hydrogen) atoms. The van der Waals surface area contributed by atoms with Crippen LogP contribution in [0.4, 0.5) is 0 Å². The predicted octanol–water partition coefficient (Wildman–Crippen LogP) is 5.06. The number of aromatic nitrogens is 3. The molecule has 0 aliphatic heterocycles. The highest BCUT2D eigenvalue weighted by Crippen LogP contribution is 2.27. The third-order valence-electron chi connectivity index (χ3n) is 4.11. The molecule has 0 saturated carbocycles. The molecule has 152 valence electrons. The van der Waals surface area contributed by atoms with Gasteiger partial charge in [-0.15, -0.1) is 11.3 Å². The Balaban J connectivity index is 2.09. The maximum Gasteiger partial charge on any atom is 0.282 e. The summed E-state index contributed by atoms with van der Waals surface area (Å²) in [6.07, 6.45) is 3.42. The number of ether oxygens (including phenoxy) is 1. The number of carbonyl (C=O) groups excluding carboxylic acids is 1. The molecule has 6 nitrogen and oxygen atoms in total. The molecule has 0 N–H and O–H groups in total. The van der Waals surface area contributed by atoms with E-state index in [0.717, 1.165) is 4.88 Å². The van der Waals surface area contributed by atoms with Gasteiger partial charge in [0.15, 0.2) is 9.95 Å². The van der Waals surface area contributed by atoms with E-state index in [1.54, 1.807) is 55.3 Å². The molecule has 10 heteroatoms. The standard InChI is InChI=1S/C19H17Cl3N4O2S/c1-11(28-3)17(12-6-13(20)8-14(21)7-12)18(27)26-16(4-5-25(26)2)23-9-15-10-24-19(22)29-15/h4-8,10H,9H2,1-3H3/b17-11+,23-16?. The summed E-state index contributed by atoms with van der Waals surface area (Å²) in [5.41, 5.74) is 1.37. The number of nitrogens with zero attached hydrogens (tertiary/aromatic N) is 4. The molecule has 0 aliphatic carbocycles. The van der Waals surface area contributed by atoms with Gasteiger partial charge >= 0.3 is 0 Å². The second-order valence-electron chi connectivity index (χ2n) is 6.05. The van der Waals surface area contributed by atoms with Gasteiger partial charge in [0.05, 0.1) is 19.2 Å². The van der Waals surface area contributed by atoms with E-state index in [-0.39, 0.29) is 5.91 Å². The third kappa shape index (κ3) is 4.93. The van der Waals surface area contributed by atoms with Gasteiger partial charge in [0.25, 0.3) is 5.91 Å². The maximum atomic E-state index is 13.5. The minimum Gasteiger partial charge on any atom is -0.501 e. The summed E-state index contributed by atoms with van der Waals surface area (Å²) in [4.78, 5) is 23.0. The Hall–Kier alpha value is -2.06. The van der Waals surface area contributed by atoms with Gasteiger partial charge in [-0.05, 0) is 30.7 Å². The number of aryl methyl sites for hydroxylation is 1. The summed E-state index contributed by atoms with van der Waals surface area (Å²) in [6, 6.07) is 6.70. The molecule has 0 spiro atoms. The monoisotopic (exact) mass is 470 g/mol. The molecule has 2 aromatic heterocycles. The van der Waals surface area contributed by atoms with Gasteiger partial charge in [0.2, 0.25) is 0 Å². The van der Waals surface area contributed by atoms with Gasteiger partial charge in [-0.2, -0.15) is 4.68 Å². The van der Waals surface area contributed by atoms with E-state index >= 15 is 0 Å². The fraction of sp³-hybridized carbons (Fsp3) is 0.211. The third-order valence-corrected chi connectivity index (χ3v) is 5.65. The minimum atomic E-state index is -0.323. The number of thiazole rings is 1. The number of benzene rings is 1. The van der Waals surface area contributed by atoms with Crippen LogP contribution in [0.5, 0.6) is 0 Å². The van der Waals surface area contributed by atoms with E-state index in [1.807, 2.05) is 0 Å². The molecule has 0 amide bonds. The van der Waals surface area contributed by atoms with Gasteiger partial charge in [-0.3, -0.25) is 14.5 Å². The topological polar surface area (TPSA) is 61.4 Å². The molecular formula is C19H17Cl3N4O2S. The van der Waals surface area contributed by atoms with Gasteiger partial charge in [0, 0.05) is 40.4 Å².